The van der Waals surface area contributed by atoms with Crippen molar-refractivity contribution in [2.45, 2.75) is 38.1 Å². The Morgan fingerprint density at radius 3 is 2.74 bits per heavy atom. The molecule has 1 fully saturated rings. The lowest BCUT2D eigenvalue weighted by molar-refractivity contribution is 0.428. The second-order valence-corrected chi connectivity index (χ2v) is 5.47. The molecule has 0 atom stereocenters. The van der Waals surface area contributed by atoms with Gasteiger partial charge in [-0.15, -0.1) is 0 Å². The fraction of sp³-hybridized carbons (Fsp3) is 0.438. The lowest BCUT2D eigenvalue weighted by Crippen LogP contribution is -2.33. The standard InChI is InChI=1S/C16H21N3/c1-19(12-6-3-2-4-7-12)15-10-9-14-13(16(15)17)8-5-11-18-14/h5,8-12H,2-4,6-7,17H2,1H3. The summed E-state index contributed by atoms with van der Waals surface area (Å²) in [5.41, 5.74) is 9.32. The monoisotopic (exact) mass is 255 g/mol. The van der Waals surface area contributed by atoms with Crippen LogP contribution in [0.15, 0.2) is 30.5 Å². The van der Waals surface area contributed by atoms with Gasteiger partial charge in [0.05, 0.1) is 16.9 Å². The molecule has 1 aliphatic carbocycles. The fourth-order valence-corrected chi connectivity index (χ4v) is 3.14. The Morgan fingerprint density at radius 2 is 1.95 bits per heavy atom. The molecule has 2 N–H and O–H groups in total. The highest BCUT2D eigenvalue weighted by Crippen LogP contribution is 2.33. The van der Waals surface area contributed by atoms with Crippen LogP contribution in [0.2, 0.25) is 0 Å². The summed E-state index contributed by atoms with van der Waals surface area (Å²) < 4.78 is 0. The molecule has 0 spiro atoms. The minimum Gasteiger partial charge on any atom is -0.396 e. The largest absolute Gasteiger partial charge is 0.396 e. The van der Waals surface area contributed by atoms with Gasteiger partial charge >= 0.3 is 0 Å². The van der Waals surface area contributed by atoms with E-state index in [1.807, 2.05) is 12.3 Å². The summed E-state index contributed by atoms with van der Waals surface area (Å²) in [6.07, 6.45) is 8.42. The molecule has 1 aromatic heterocycles. The van der Waals surface area contributed by atoms with E-state index in [1.165, 1.54) is 32.1 Å². The van der Waals surface area contributed by atoms with Crippen molar-refractivity contribution in [1.29, 1.82) is 0 Å². The van der Waals surface area contributed by atoms with Gasteiger partial charge in [-0.05, 0) is 37.1 Å². The predicted octanol–water partition coefficient (Wildman–Crippen LogP) is 3.59. The van der Waals surface area contributed by atoms with Crippen molar-refractivity contribution >= 4 is 22.3 Å². The van der Waals surface area contributed by atoms with Gasteiger partial charge in [-0.1, -0.05) is 19.3 Å². The van der Waals surface area contributed by atoms with Crippen molar-refractivity contribution in [3.8, 4) is 0 Å². The summed E-state index contributed by atoms with van der Waals surface area (Å²) in [5, 5.41) is 1.06. The normalized spacial score (nSPS) is 16.7. The number of hydrogen-bond donors (Lipinski definition) is 1. The summed E-state index contributed by atoms with van der Waals surface area (Å²) in [5.74, 6) is 0. The van der Waals surface area contributed by atoms with Gasteiger partial charge in [0.2, 0.25) is 0 Å². The molecule has 19 heavy (non-hydrogen) atoms. The van der Waals surface area contributed by atoms with Crippen molar-refractivity contribution in [3.63, 3.8) is 0 Å². The fourth-order valence-electron chi connectivity index (χ4n) is 3.14. The first-order valence-corrected chi connectivity index (χ1v) is 7.13. The van der Waals surface area contributed by atoms with E-state index >= 15 is 0 Å². The zero-order chi connectivity index (χ0) is 13.2. The smallest absolute Gasteiger partial charge is 0.0724 e. The zero-order valence-corrected chi connectivity index (χ0v) is 11.5. The summed E-state index contributed by atoms with van der Waals surface area (Å²) in [6, 6.07) is 8.81. The lowest BCUT2D eigenvalue weighted by atomic mass is 9.94. The molecule has 0 amide bonds. The van der Waals surface area contributed by atoms with Crippen LogP contribution in [0.5, 0.6) is 0 Å². The van der Waals surface area contributed by atoms with Gasteiger partial charge in [-0.25, -0.2) is 0 Å². The summed E-state index contributed by atoms with van der Waals surface area (Å²) in [4.78, 5) is 6.72. The third-order valence-corrected chi connectivity index (χ3v) is 4.31. The van der Waals surface area contributed by atoms with Crippen LogP contribution in [-0.2, 0) is 0 Å². The first-order chi connectivity index (χ1) is 9.27. The maximum Gasteiger partial charge on any atom is 0.0724 e. The van der Waals surface area contributed by atoms with Crippen LogP contribution >= 0.6 is 0 Å². The van der Waals surface area contributed by atoms with Gasteiger partial charge in [-0.2, -0.15) is 0 Å². The van der Waals surface area contributed by atoms with Crippen molar-refractivity contribution in [1.82, 2.24) is 4.98 Å². The molecule has 1 saturated carbocycles. The Labute approximate surface area is 114 Å². The van der Waals surface area contributed by atoms with Gasteiger partial charge < -0.3 is 10.6 Å². The molecule has 3 nitrogen and oxygen atoms in total. The lowest BCUT2D eigenvalue weighted by Gasteiger charge is -2.33. The van der Waals surface area contributed by atoms with Crippen LogP contribution in [0.3, 0.4) is 0 Å². The van der Waals surface area contributed by atoms with Crippen molar-refractivity contribution < 1.29 is 0 Å². The molecule has 100 valence electrons. The minimum absolute atomic E-state index is 0.630. The van der Waals surface area contributed by atoms with E-state index in [-0.39, 0.29) is 0 Å². The molecule has 3 rings (SSSR count). The minimum atomic E-state index is 0.630. The number of fused-ring (bicyclic) bond motifs is 1. The maximum atomic E-state index is 6.34. The summed E-state index contributed by atoms with van der Waals surface area (Å²) in [7, 11) is 2.17. The van der Waals surface area contributed by atoms with Crippen LogP contribution in [0.4, 0.5) is 11.4 Å². The van der Waals surface area contributed by atoms with Crippen LogP contribution in [0.25, 0.3) is 10.9 Å². The number of hydrogen-bond acceptors (Lipinski definition) is 3. The highest BCUT2D eigenvalue weighted by atomic mass is 15.1. The van der Waals surface area contributed by atoms with Gasteiger partial charge in [0, 0.05) is 24.7 Å². The molecule has 0 unspecified atom stereocenters. The number of anilines is 2. The molecular weight excluding hydrogens is 234 g/mol. The molecule has 3 heteroatoms. The molecule has 0 saturated heterocycles. The zero-order valence-electron chi connectivity index (χ0n) is 11.5. The van der Waals surface area contributed by atoms with E-state index < -0.39 is 0 Å². The van der Waals surface area contributed by atoms with Crippen molar-refractivity contribution in [2.24, 2.45) is 0 Å². The average Bonchev–Trinajstić information content (AvgIpc) is 2.48. The third kappa shape index (κ3) is 2.25. The third-order valence-electron chi connectivity index (χ3n) is 4.31. The number of rotatable bonds is 2. The summed E-state index contributed by atoms with van der Waals surface area (Å²) >= 11 is 0. The Bertz CT molecular complexity index is 573. The molecule has 1 heterocycles. The first-order valence-electron chi connectivity index (χ1n) is 7.13. The van der Waals surface area contributed by atoms with Crippen LogP contribution < -0.4 is 10.6 Å². The SMILES string of the molecule is CN(c1ccc2ncccc2c1N)C1CCCCC1. The number of aromatic nitrogens is 1. The van der Waals surface area contributed by atoms with E-state index in [1.54, 1.807) is 0 Å². The van der Waals surface area contributed by atoms with Gasteiger partial charge in [0.25, 0.3) is 0 Å². The summed E-state index contributed by atoms with van der Waals surface area (Å²) in [6.45, 7) is 0. The van der Waals surface area contributed by atoms with E-state index in [4.69, 9.17) is 5.73 Å². The Hall–Kier alpha value is -1.77. The Balaban J connectivity index is 1.97. The number of nitrogen functional groups attached to an aromatic ring is 1. The maximum absolute atomic E-state index is 6.34. The molecule has 0 radical (unpaired) electrons. The predicted molar refractivity (Wildman–Crippen MR) is 81.4 cm³/mol. The highest BCUT2D eigenvalue weighted by Gasteiger charge is 2.20. The number of nitrogens with two attached hydrogens (primary N) is 1. The van der Waals surface area contributed by atoms with E-state index in [0.717, 1.165) is 22.3 Å². The topological polar surface area (TPSA) is 42.2 Å². The number of benzene rings is 1. The molecule has 1 aliphatic rings. The Morgan fingerprint density at radius 1 is 1.16 bits per heavy atom. The molecular formula is C16H21N3. The highest BCUT2D eigenvalue weighted by molar-refractivity contribution is 5.97. The number of pyridine rings is 1. The van der Waals surface area contributed by atoms with Gasteiger partial charge in [-0.3, -0.25) is 4.98 Å². The average molecular weight is 255 g/mol. The van der Waals surface area contributed by atoms with E-state index in [2.05, 4.69) is 35.1 Å². The van der Waals surface area contributed by atoms with Crippen LogP contribution in [-0.4, -0.2) is 18.1 Å². The van der Waals surface area contributed by atoms with Crippen molar-refractivity contribution in [3.05, 3.63) is 30.5 Å². The first kappa shape index (κ1) is 12.3. The Kier molecular flexibility index (Phi) is 3.28. The quantitative estimate of drug-likeness (QED) is 0.834. The molecule has 0 aliphatic heterocycles. The molecule has 0 bridgehead atoms. The van der Waals surface area contributed by atoms with Gasteiger partial charge in [0.15, 0.2) is 0 Å². The second kappa shape index (κ2) is 5.08. The second-order valence-electron chi connectivity index (χ2n) is 5.47. The van der Waals surface area contributed by atoms with Crippen LogP contribution in [0, 0.1) is 0 Å². The molecule has 2 aromatic rings. The van der Waals surface area contributed by atoms with E-state index in [0.29, 0.717) is 6.04 Å². The van der Waals surface area contributed by atoms with E-state index in [9.17, 15) is 0 Å². The van der Waals surface area contributed by atoms with Gasteiger partial charge in [0.1, 0.15) is 0 Å². The number of nitrogens with zero attached hydrogens (tertiary/aromatic N) is 2. The van der Waals surface area contributed by atoms with Crippen molar-refractivity contribution in [2.75, 3.05) is 17.7 Å². The van der Waals surface area contributed by atoms with Crippen LogP contribution in [0.1, 0.15) is 32.1 Å². The molecule has 1 aromatic carbocycles.